The van der Waals surface area contributed by atoms with Crippen LogP contribution in [0.15, 0.2) is 0 Å². The number of hydrogen-bond donors (Lipinski definition) is 0. The first-order valence-electron chi connectivity index (χ1n) is 3.31. The van der Waals surface area contributed by atoms with E-state index in [0.717, 1.165) is 6.61 Å². The molecular formula is C7H16O2. The molecule has 0 heterocycles. The van der Waals surface area contributed by atoms with E-state index in [9.17, 15) is 0 Å². The molecule has 0 bridgehead atoms. The van der Waals surface area contributed by atoms with E-state index in [1.165, 1.54) is 0 Å². The summed E-state index contributed by atoms with van der Waals surface area (Å²) in [5.74, 6) is 0.586. The van der Waals surface area contributed by atoms with Crippen LogP contribution in [0.3, 0.4) is 0 Å². The Morgan fingerprint density at radius 1 is 1.22 bits per heavy atom. The minimum absolute atomic E-state index is 0.0626. The summed E-state index contributed by atoms with van der Waals surface area (Å²) in [4.78, 5) is 0. The van der Waals surface area contributed by atoms with E-state index < -0.39 is 0 Å². The van der Waals surface area contributed by atoms with E-state index in [4.69, 9.17) is 9.47 Å². The van der Waals surface area contributed by atoms with Crippen LogP contribution in [-0.2, 0) is 9.47 Å². The minimum atomic E-state index is -0.0626. The molecule has 0 fully saturated rings. The largest absolute Gasteiger partial charge is 0.356 e. The van der Waals surface area contributed by atoms with Gasteiger partial charge in [-0.05, 0) is 12.8 Å². The van der Waals surface area contributed by atoms with Crippen LogP contribution >= 0.6 is 0 Å². The summed E-state index contributed by atoms with van der Waals surface area (Å²) in [5.41, 5.74) is 0. The van der Waals surface area contributed by atoms with Crippen molar-refractivity contribution in [2.45, 2.75) is 27.1 Å². The van der Waals surface area contributed by atoms with E-state index in [2.05, 4.69) is 13.8 Å². The van der Waals surface area contributed by atoms with Gasteiger partial charge in [0.1, 0.15) is 0 Å². The first-order valence-corrected chi connectivity index (χ1v) is 3.31. The lowest BCUT2D eigenvalue weighted by Crippen LogP contribution is -2.13. The fraction of sp³-hybridized carbons (Fsp3) is 1.00. The van der Waals surface area contributed by atoms with Gasteiger partial charge in [-0.1, -0.05) is 13.8 Å². The van der Waals surface area contributed by atoms with Gasteiger partial charge >= 0.3 is 0 Å². The zero-order valence-electron chi connectivity index (χ0n) is 6.68. The summed E-state index contributed by atoms with van der Waals surface area (Å²) in [5, 5.41) is 0. The normalized spacial score (nSPS) is 14.3. The molecule has 1 atom stereocenters. The molecule has 56 valence electrons. The second-order valence-electron chi connectivity index (χ2n) is 2.53. The lowest BCUT2D eigenvalue weighted by molar-refractivity contribution is -0.117. The van der Waals surface area contributed by atoms with Crippen LogP contribution < -0.4 is 0 Å². The molecule has 0 aliphatic heterocycles. The van der Waals surface area contributed by atoms with Gasteiger partial charge in [0.2, 0.25) is 0 Å². The summed E-state index contributed by atoms with van der Waals surface area (Å²) in [6.07, 6.45) is -0.0626. The third kappa shape index (κ3) is 5.80. The fourth-order valence-electron chi connectivity index (χ4n) is 0.396. The zero-order valence-corrected chi connectivity index (χ0v) is 6.68. The summed E-state index contributed by atoms with van der Waals surface area (Å²) in [6, 6.07) is 0. The first kappa shape index (κ1) is 8.92. The van der Waals surface area contributed by atoms with Gasteiger partial charge in [0.15, 0.2) is 6.29 Å². The maximum atomic E-state index is 5.23. The van der Waals surface area contributed by atoms with Crippen molar-refractivity contribution >= 4 is 0 Å². The molecular weight excluding hydrogens is 116 g/mol. The molecule has 0 aromatic rings. The zero-order chi connectivity index (χ0) is 7.28. The molecule has 0 N–H and O–H groups in total. The molecule has 0 amide bonds. The minimum Gasteiger partial charge on any atom is -0.356 e. The van der Waals surface area contributed by atoms with Crippen LogP contribution in [-0.4, -0.2) is 20.0 Å². The highest BCUT2D eigenvalue weighted by Gasteiger charge is 1.99. The number of hydrogen-bond acceptors (Lipinski definition) is 2. The Balaban J connectivity index is 3.06. The van der Waals surface area contributed by atoms with Gasteiger partial charge in [-0.2, -0.15) is 0 Å². The summed E-state index contributed by atoms with van der Waals surface area (Å²) >= 11 is 0. The average molecular weight is 132 g/mol. The molecule has 0 rings (SSSR count). The molecule has 0 saturated carbocycles. The molecule has 0 aromatic heterocycles. The standard InChI is InChI=1S/C7H16O2/c1-6(2)5-9-7(3)8-4/h6-7H,5H2,1-4H3. The van der Waals surface area contributed by atoms with Crippen molar-refractivity contribution in [2.75, 3.05) is 13.7 Å². The monoisotopic (exact) mass is 132 g/mol. The number of methoxy groups -OCH3 is 1. The van der Waals surface area contributed by atoms with Crippen molar-refractivity contribution in [2.24, 2.45) is 5.92 Å². The van der Waals surface area contributed by atoms with Gasteiger partial charge in [0.25, 0.3) is 0 Å². The third-order valence-electron chi connectivity index (χ3n) is 0.996. The van der Waals surface area contributed by atoms with Gasteiger partial charge in [0.05, 0.1) is 6.61 Å². The van der Waals surface area contributed by atoms with E-state index in [-0.39, 0.29) is 6.29 Å². The van der Waals surface area contributed by atoms with E-state index >= 15 is 0 Å². The molecule has 0 radical (unpaired) electrons. The molecule has 9 heavy (non-hydrogen) atoms. The molecule has 1 unspecified atom stereocenters. The van der Waals surface area contributed by atoms with Crippen LogP contribution in [0.25, 0.3) is 0 Å². The Hall–Kier alpha value is -0.0800. The first-order chi connectivity index (χ1) is 4.16. The Morgan fingerprint density at radius 3 is 2.11 bits per heavy atom. The summed E-state index contributed by atoms with van der Waals surface area (Å²) < 4.78 is 10.1. The molecule has 2 nitrogen and oxygen atoms in total. The van der Waals surface area contributed by atoms with Crippen LogP contribution in [0, 0.1) is 5.92 Å². The number of rotatable bonds is 4. The maximum absolute atomic E-state index is 5.23. The van der Waals surface area contributed by atoms with Crippen molar-refractivity contribution < 1.29 is 9.47 Å². The van der Waals surface area contributed by atoms with Crippen molar-refractivity contribution in [1.29, 1.82) is 0 Å². The molecule has 2 heteroatoms. The topological polar surface area (TPSA) is 18.5 Å². The SMILES string of the molecule is COC(C)OCC(C)C. The highest BCUT2D eigenvalue weighted by Crippen LogP contribution is 1.96. The van der Waals surface area contributed by atoms with Crippen molar-refractivity contribution in [3.63, 3.8) is 0 Å². The quantitative estimate of drug-likeness (QED) is 0.541. The Kier molecular flexibility index (Phi) is 4.72. The van der Waals surface area contributed by atoms with E-state index in [1.54, 1.807) is 7.11 Å². The highest BCUT2D eigenvalue weighted by molar-refractivity contribution is 4.39. The fourth-order valence-corrected chi connectivity index (χ4v) is 0.396. The van der Waals surface area contributed by atoms with E-state index in [0.29, 0.717) is 5.92 Å². The van der Waals surface area contributed by atoms with Gasteiger partial charge in [-0.25, -0.2) is 0 Å². The van der Waals surface area contributed by atoms with Gasteiger partial charge in [0, 0.05) is 7.11 Å². The average Bonchev–Trinajstić information content (AvgIpc) is 1.83. The molecule has 0 aliphatic carbocycles. The van der Waals surface area contributed by atoms with Crippen LogP contribution in [0.1, 0.15) is 20.8 Å². The highest BCUT2D eigenvalue weighted by atomic mass is 16.7. The van der Waals surface area contributed by atoms with Crippen molar-refractivity contribution in [3.8, 4) is 0 Å². The second-order valence-corrected chi connectivity index (χ2v) is 2.53. The lowest BCUT2D eigenvalue weighted by atomic mass is 10.2. The second kappa shape index (κ2) is 4.77. The smallest absolute Gasteiger partial charge is 0.154 e. The lowest BCUT2D eigenvalue weighted by Gasteiger charge is -2.11. The van der Waals surface area contributed by atoms with Crippen LogP contribution in [0.5, 0.6) is 0 Å². The van der Waals surface area contributed by atoms with Crippen molar-refractivity contribution in [3.05, 3.63) is 0 Å². The number of ether oxygens (including phenoxy) is 2. The van der Waals surface area contributed by atoms with E-state index in [1.807, 2.05) is 6.92 Å². The van der Waals surface area contributed by atoms with Crippen LogP contribution in [0.2, 0.25) is 0 Å². The maximum Gasteiger partial charge on any atom is 0.154 e. The molecule has 0 aliphatic rings. The van der Waals surface area contributed by atoms with Crippen LogP contribution in [0.4, 0.5) is 0 Å². The van der Waals surface area contributed by atoms with Gasteiger partial charge < -0.3 is 9.47 Å². The summed E-state index contributed by atoms with van der Waals surface area (Å²) in [6.45, 7) is 6.89. The Morgan fingerprint density at radius 2 is 1.78 bits per heavy atom. The summed E-state index contributed by atoms with van der Waals surface area (Å²) in [7, 11) is 1.64. The predicted molar refractivity (Wildman–Crippen MR) is 37.3 cm³/mol. The Bertz CT molecular complexity index is 61.9. The van der Waals surface area contributed by atoms with Gasteiger partial charge in [-0.15, -0.1) is 0 Å². The van der Waals surface area contributed by atoms with Gasteiger partial charge in [-0.3, -0.25) is 0 Å². The third-order valence-corrected chi connectivity index (χ3v) is 0.996. The molecule has 0 saturated heterocycles. The Labute approximate surface area is 57.2 Å². The van der Waals surface area contributed by atoms with Crippen molar-refractivity contribution in [1.82, 2.24) is 0 Å². The molecule has 0 spiro atoms. The predicted octanol–water partition coefficient (Wildman–Crippen LogP) is 1.65. The molecule has 0 aromatic carbocycles.